The summed E-state index contributed by atoms with van der Waals surface area (Å²) in [4.78, 5) is 22.8. The second kappa shape index (κ2) is 4.70. The van der Waals surface area contributed by atoms with E-state index < -0.39 is 5.60 Å². The Labute approximate surface area is 107 Å². The second-order valence-electron chi connectivity index (χ2n) is 5.31. The van der Waals surface area contributed by atoms with E-state index in [2.05, 4.69) is 9.97 Å². The van der Waals surface area contributed by atoms with Gasteiger partial charge in [0, 0.05) is 18.8 Å². The Hall–Kier alpha value is -1.40. The van der Waals surface area contributed by atoms with Crippen molar-refractivity contribution in [1.29, 1.82) is 0 Å². The Morgan fingerprint density at radius 1 is 1.67 bits per heavy atom. The number of rotatable bonds is 3. The van der Waals surface area contributed by atoms with Gasteiger partial charge in [-0.3, -0.25) is 4.79 Å². The van der Waals surface area contributed by atoms with Crippen LogP contribution in [0.2, 0.25) is 0 Å². The summed E-state index contributed by atoms with van der Waals surface area (Å²) in [5.41, 5.74) is 0.413. The molecule has 1 atom stereocenters. The van der Waals surface area contributed by atoms with Gasteiger partial charge in [-0.05, 0) is 27.4 Å². The fraction of sp³-hybridized carbons (Fsp3) is 0.667. The van der Waals surface area contributed by atoms with Gasteiger partial charge in [0.25, 0.3) is 5.91 Å². The quantitative estimate of drug-likeness (QED) is 0.785. The summed E-state index contributed by atoms with van der Waals surface area (Å²) in [6.45, 7) is 3.34. The van der Waals surface area contributed by atoms with E-state index in [-0.39, 0.29) is 5.91 Å². The summed E-state index contributed by atoms with van der Waals surface area (Å²) in [6, 6.07) is 0. The predicted octanol–water partition coefficient (Wildman–Crippen LogP) is -0.143. The number of carbonyl (C=O) groups excluding carboxylic acids is 1. The van der Waals surface area contributed by atoms with Crippen LogP contribution in [-0.2, 0) is 0 Å². The van der Waals surface area contributed by atoms with E-state index in [4.69, 9.17) is 0 Å². The zero-order valence-electron chi connectivity index (χ0n) is 11.1. The Morgan fingerprint density at radius 3 is 2.94 bits per heavy atom. The lowest BCUT2D eigenvalue weighted by molar-refractivity contribution is 0.0235. The highest BCUT2D eigenvalue weighted by atomic mass is 16.3. The number of hydrogen-bond donors (Lipinski definition) is 2. The number of carbonyl (C=O) groups is 1. The third kappa shape index (κ3) is 2.54. The van der Waals surface area contributed by atoms with Crippen LogP contribution in [-0.4, -0.2) is 70.1 Å². The number of β-amino-alcohol motifs (C(OH)–C–C–N with tert-alkyl or cyclic N) is 1. The van der Waals surface area contributed by atoms with Gasteiger partial charge in [0.05, 0.1) is 18.5 Å². The van der Waals surface area contributed by atoms with Crippen LogP contribution in [0.4, 0.5) is 0 Å². The van der Waals surface area contributed by atoms with Crippen molar-refractivity contribution in [1.82, 2.24) is 19.8 Å². The van der Waals surface area contributed by atoms with Gasteiger partial charge >= 0.3 is 0 Å². The van der Waals surface area contributed by atoms with Crippen molar-refractivity contribution in [3.8, 4) is 0 Å². The number of aryl methyl sites for hydroxylation is 1. The van der Waals surface area contributed by atoms with Crippen LogP contribution < -0.4 is 0 Å². The lowest BCUT2D eigenvalue weighted by Gasteiger charge is -2.26. The minimum Gasteiger partial charge on any atom is -0.387 e. The molecule has 100 valence electrons. The minimum atomic E-state index is -0.802. The molecular weight excluding hydrogens is 232 g/mol. The van der Waals surface area contributed by atoms with Crippen molar-refractivity contribution < 1.29 is 9.90 Å². The first-order valence-electron chi connectivity index (χ1n) is 6.08. The lowest BCUT2D eigenvalue weighted by atomic mass is 10.0. The summed E-state index contributed by atoms with van der Waals surface area (Å²) in [7, 11) is 3.83. The number of hydrogen-bond acceptors (Lipinski definition) is 4. The summed E-state index contributed by atoms with van der Waals surface area (Å²) in [5.74, 6) is -0.108. The Kier molecular flexibility index (Phi) is 3.41. The molecule has 1 aromatic heterocycles. The van der Waals surface area contributed by atoms with Crippen LogP contribution in [0.15, 0.2) is 6.33 Å². The molecule has 0 aromatic carbocycles. The van der Waals surface area contributed by atoms with E-state index in [1.807, 2.05) is 25.9 Å². The largest absolute Gasteiger partial charge is 0.387 e. The highest BCUT2D eigenvalue weighted by Crippen LogP contribution is 2.23. The van der Waals surface area contributed by atoms with Crippen LogP contribution in [0.1, 0.15) is 22.6 Å². The van der Waals surface area contributed by atoms with E-state index in [1.165, 1.54) is 6.33 Å². The number of aromatic amines is 1. The van der Waals surface area contributed by atoms with E-state index in [9.17, 15) is 9.90 Å². The molecule has 0 saturated carbocycles. The van der Waals surface area contributed by atoms with Crippen LogP contribution in [0.5, 0.6) is 0 Å². The maximum absolute atomic E-state index is 12.2. The van der Waals surface area contributed by atoms with Gasteiger partial charge in [0.2, 0.25) is 0 Å². The predicted molar refractivity (Wildman–Crippen MR) is 67.3 cm³/mol. The number of nitrogens with zero attached hydrogens (tertiary/aromatic N) is 3. The van der Waals surface area contributed by atoms with Crippen molar-refractivity contribution in [3.63, 3.8) is 0 Å². The third-order valence-electron chi connectivity index (χ3n) is 3.26. The number of aliphatic hydroxyl groups is 1. The van der Waals surface area contributed by atoms with E-state index in [0.717, 1.165) is 5.69 Å². The first kappa shape index (κ1) is 13.0. The maximum atomic E-state index is 12.2. The molecular formula is C12H20N4O2. The van der Waals surface area contributed by atoms with Crippen molar-refractivity contribution in [2.24, 2.45) is 0 Å². The number of H-pyrrole nitrogens is 1. The molecule has 2 N–H and O–H groups in total. The molecule has 0 spiro atoms. The molecule has 1 aromatic rings. The molecule has 1 unspecified atom stereocenters. The van der Waals surface area contributed by atoms with Gasteiger partial charge in [-0.1, -0.05) is 0 Å². The number of aromatic nitrogens is 2. The SMILES string of the molecule is Cc1[nH]cnc1C(=O)N1CCC(O)(CN(C)C)C1. The smallest absolute Gasteiger partial charge is 0.274 e. The zero-order valence-corrected chi connectivity index (χ0v) is 11.1. The van der Waals surface area contributed by atoms with Gasteiger partial charge in [-0.15, -0.1) is 0 Å². The first-order valence-corrected chi connectivity index (χ1v) is 6.08. The van der Waals surface area contributed by atoms with Crippen molar-refractivity contribution in [3.05, 3.63) is 17.7 Å². The molecule has 6 heteroatoms. The molecule has 1 saturated heterocycles. The Morgan fingerprint density at radius 2 is 2.39 bits per heavy atom. The molecule has 0 bridgehead atoms. The Bertz CT molecular complexity index is 443. The highest BCUT2D eigenvalue weighted by Gasteiger charge is 2.39. The monoisotopic (exact) mass is 252 g/mol. The van der Waals surface area contributed by atoms with Crippen LogP contribution in [0.25, 0.3) is 0 Å². The number of likely N-dealkylation sites (tertiary alicyclic amines) is 1. The van der Waals surface area contributed by atoms with Crippen molar-refractivity contribution in [2.75, 3.05) is 33.7 Å². The molecule has 1 fully saturated rings. The number of imidazole rings is 1. The first-order chi connectivity index (χ1) is 8.41. The summed E-state index contributed by atoms with van der Waals surface area (Å²) >= 11 is 0. The molecule has 18 heavy (non-hydrogen) atoms. The van der Waals surface area contributed by atoms with Gasteiger partial charge in [-0.2, -0.15) is 0 Å². The summed E-state index contributed by atoms with van der Waals surface area (Å²) in [6.07, 6.45) is 2.13. The maximum Gasteiger partial charge on any atom is 0.274 e. The summed E-state index contributed by atoms with van der Waals surface area (Å²) in [5, 5.41) is 10.4. The molecule has 6 nitrogen and oxygen atoms in total. The van der Waals surface area contributed by atoms with Gasteiger partial charge in [0.15, 0.2) is 0 Å². The van der Waals surface area contributed by atoms with Crippen molar-refractivity contribution in [2.45, 2.75) is 18.9 Å². The normalized spacial score (nSPS) is 23.9. The van der Waals surface area contributed by atoms with E-state index in [1.54, 1.807) is 4.90 Å². The minimum absolute atomic E-state index is 0.108. The van der Waals surface area contributed by atoms with Crippen LogP contribution >= 0.6 is 0 Å². The highest BCUT2D eigenvalue weighted by molar-refractivity contribution is 5.93. The van der Waals surface area contributed by atoms with E-state index in [0.29, 0.717) is 31.7 Å². The molecule has 1 amide bonds. The standard InChI is InChI=1S/C12H20N4O2/c1-9-10(14-8-13-9)11(17)16-5-4-12(18,7-16)6-15(2)3/h8,18H,4-7H2,1-3H3,(H,13,14). The van der Waals surface area contributed by atoms with Crippen molar-refractivity contribution >= 4 is 5.91 Å². The molecule has 2 heterocycles. The topological polar surface area (TPSA) is 72.5 Å². The summed E-state index contributed by atoms with van der Waals surface area (Å²) < 4.78 is 0. The molecule has 0 radical (unpaired) electrons. The zero-order chi connectivity index (χ0) is 13.3. The van der Waals surface area contributed by atoms with E-state index >= 15 is 0 Å². The molecule has 2 rings (SSSR count). The average Bonchev–Trinajstić information content (AvgIpc) is 2.83. The molecule has 1 aliphatic heterocycles. The number of nitrogens with one attached hydrogen (secondary N) is 1. The van der Waals surface area contributed by atoms with Gasteiger partial charge < -0.3 is 19.9 Å². The second-order valence-corrected chi connectivity index (χ2v) is 5.31. The fourth-order valence-electron chi connectivity index (χ4n) is 2.47. The number of amides is 1. The van der Waals surface area contributed by atoms with Crippen LogP contribution in [0.3, 0.4) is 0 Å². The Balaban J connectivity index is 2.05. The molecule has 1 aliphatic rings. The van der Waals surface area contributed by atoms with Crippen LogP contribution in [0, 0.1) is 6.92 Å². The van der Waals surface area contributed by atoms with Gasteiger partial charge in [0.1, 0.15) is 5.69 Å². The molecule has 0 aliphatic carbocycles. The average molecular weight is 252 g/mol. The number of likely N-dealkylation sites (N-methyl/N-ethyl adjacent to an activating group) is 1. The van der Waals surface area contributed by atoms with Gasteiger partial charge in [-0.25, -0.2) is 4.98 Å². The lowest BCUT2D eigenvalue weighted by Crippen LogP contribution is -2.43. The fourth-order valence-corrected chi connectivity index (χ4v) is 2.47. The third-order valence-corrected chi connectivity index (χ3v) is 3.26.